The molecule has 1 aromatic heterocycles. The van der Waals surface area contributed by atoms with Crippen LogP contribution in [-0.2, 0) is 4.79 Å². The molecule has 1 fully saturated rings. The lowest BCUT2D eigenvalue weighted by Gasteiger charge is -2.36. The zero-order chi connectivity index (χ0) is 15.7. The summed E-state index contributed by atoms with van der Waals surface area (Å²) in [4.78, 5) is 27.3. The van der Waals surface area contributed by atoms with Crippen LogP contribution in [0.15, 0.2) is 30.5 Å². The van der Waals surface area contributed by atoms with Crippen LogP contribution in [0.25, 0.3) is 10.9 Å². The maximum absolute atomic E-state index is 12.5. The first-order chi connectivity index (χ1) is 10.5. The minimum atomic E-state index is -1.13. The first-order valence-corrected chi connectivity index (χ1v) is 7.63. The Balaban J connectivity index is 1.83. The molecular weight excluding hydrogens is 280 g/mol. The molecule has 0 radical (unpaired) electrons. The molecule has 0 spiro atoms. The molecule has 0 unspecified atom stereocenters. The van der Waals surface area contributed by atoms with Crippen LogP contribution < -0.4 is 5.32 Å². The number of aromatic amines is 1. The number of amides is 1. The third-order valence-corrected chi connectivity index (χ3v) is 4.71. The highest BCUT2D eigenvalue weighted by atomic mass is 16.4. The SMILES string of the molecule is CC1CCC(NC(=O)c2ccc3[nH]ccc3c2)(C(=O)O)CC1. The van der Waals surface area contributed by atoms with Gasteiger partial charge < -0.3 is 15.4 Å². The van der Waals surface area contributed by atoms with Crippen molar-refractivity contribution < 1.29 is 14.7 Å². The molecule has 1 aliphatic carbocycles. The molecular formula is C17H20N2O3. The maximum Gasteiger partial charge on any atom is 0.329 e. The van der Waals surface area contributed by atoms with Crippen LogP contribution >= 0.6 is 0 Å². The fourth-order valence-corrected chi connectivity index (χ4v) is 3.13. The summed E-state index contributed by atoms with van der Waals surface area (Å²) in [6.45, 7) is 2.12. The van der Waals surface area contributed by atoms with E-state index in [2.05, 4.69) is 17.2 Å². The molecule has 5 heteroatoms. The van der Waals surface area contributed by atoms with E-state index in [-0.39, 0.29) is 5.91 Å². The van der Waals surface area contributed by atoms with Crippen LogP contribution in [0.3, 0.4) is 0 Å². The monoisotopic (exact) mass is 300 g/mol. The van der Waals surface area contributed by atoms with E-state index >= 15 is 0 Å². The van der Waals surface area contributed by atoms with Crippen LogP contribution in [0.5, 0.6) is 0 Å². The summed E-state index contributed by atoms with van der Waals surface area (Å²) in [5, 5.41) is 13.3. The van der Waals surface area contributed by atoms with E-state index in [9.17, 15) is 14.7 Å². The van der Waals surface area contributed by atoms with Gasteiger partial charge in [-0.15, -0.1) is 0 Å². The highest BCUT2D eigenvalue weighted by molar-refractivity contribution is 6.00. The topological polar surface area (TPSA) is 82.2 Å². The van der Waals surface area contributed by atoms with E-state index in [0.29, 0.717) is 24.3 Å². The number of hydrogen-bond donors (Lipinski definition) is 3. The fraction of sp³-hybridized carbons (Fsp3) is 0.412. The Morgan fingerprint density at radius 3 is 2.68 bits per heavy atom. The Bertz CT molecular complexity index is 712. The van der Waals surface area contributed by atoms with E-state index in [1.807, 2.05) is 18.3 Å². The number of hydrogen-bond acceptors (Lipinski definition) is 2. The van der Waals surface area contributed by atoms with Crippen LogP contribution in [0.4, 0.5) is 0 Å². The summed E-state index contributed by atoms with van der Waals surface area (Å²) in [6.07, 6.45) is 4.43. The van der Waals surface area contributed by atoms with Crippen molar-refractivity contribution >= 4 is 22.8 Å². The number of aliphatic carboxylic acids is 1. The first-order valence-electron chi connectivity index (χ1n) is 7.63. The number of carboxylic acids is 1. The molecule has 0 atom stereocenters. The second-order valence-corrected chi connectivity index (χ2v) is 6.30. The van der Waals surface area contributed by atoms with Gasteiger partial charge in [-0.2, -0.15) is 0 Å². The molecule has 116 valence electrons. The predicted octanol–water partition coefficient (Wildman–Crippen LogP) is 2.93. The van der Waals surface area contributed by atoms with Crippen LogP contribution in [0, 0.1) is 5.92 Å². The molecule has 1 heterocycles. The van der Waals surface area contributed by atoms with E-state index in [0.717, 1.165) is 23.7 Å². The van der Waals surface area contributed by atoms with Gasteiger partial charge in [0.15, 0.2) is 0 Å². The Morgan fingerprint density at radius 1 is 1.27 bits per heavy atom. The number of carboxylic acid groups (broad SMARTS) is 1. The van der Waals surface area contributed by atoms with Gasteiger partial charge in [-0.05, 0) is 55.9 Å². The molecule has 2 aromatic rings. The van der Waals surface area contributed by atoms with Gasteiger partial charge in [0.05, 0.1) is 0 Å². The molecule has 1 saturated carbocycles. The van der Waals surface area contributed by atoms with Crippen molar-refractivity contribution in [1.82, 2.24) is 10.3 Å². The number of aromatic nitrogens is 1. The number of carbonyl (C=O) groups is 2. The Kier molecular flexibility index (Phi) is 3.64. The smallest absolute Gasteiger partial charge is 0.329 e. The van der Waals surface area contributed by atoms with Crippen molar-refractivity contribution in [2.75, 3.05) is 0 Å². The van der Waals surface area contributed by atoms with Crippen LogP contribution in [0.2, 0.25) is 0 Å². The second-order valence-electron chi connectivity index (χ2n) is 6.30. The average Bonchev–Trinajstić information content (AvgIpc) is 2.97. The summed E-state index contributed by atoms with van der Waals surface area (Å²) in [7, 11) is 0. The highest BCUT2D eigenvalue weighted by Crippen LogP contribution is 2.32. The number of carbonyl (C=O) groups excluding carboxylic acids is 1. The molecule has 22 heavy (non-hydrogen) atoms. The molecule has 3 rings (SSSR count). The van der Waals surface area contributed by atoms with Crippen LogP contribution in [-0.4, -0.2) is 27.5 Å². The summed E-state index contributed by atoms with van der Waals surface area (Å²) in [5.41, 5.74) is 0.318. The van der Waals surface area contributed by atoms with Crippen molar-refractivity contribution in [3.63, 3.8) is 0 Å². The van der Waals surface area contributed by atoms with Crippen molar-refractivity contribution in [1.29, 1.82) is 0 Å². The quantitative estimate of drug-likeness (QED) is 0.815. The van der Waals surface area contributed by atoms with Gasteiger partial charge >= 0.3 is 5.97 Å². The lowest BCUT2D eigenvalue weighted by Crippen LogP contribution is -2.56. The number of fused-ring (bicyclic) bond motifs is 1. The molecule has 5 nitrogen and oxygen atoms in total. The normalized spacial score (nSPS) is 25.0. The van der Waals surface area contributed by atoms with Gasteiger partial charge in [-0.3, -0.25) is 4.79 Å². The van der Waals surface area contributed by atoms with Gasteiger partial charge in [-0.1, -0.05) is 6.92 Å². The summed E-state index contributed by atoms with van der Waals surface area (Å²) in [6, 6.07) is 7.22. The Hall–Kier alpha value is -2.30. The highest BCUT2D eigenvalue weighted by Gasteiger charge is 2.42. The van der Waals surface area contributed by atoms with Gasteiger partial charge in [0.2, 0.25) is 0 Å². The molecule has 0 bridgehead atoms. The Morgan fingerprint density at radius 2 is 2.00 bits per heavy atom. The van der Waals surface area contributed by atoms with E-state index in [4.69, 9.17) is 0 Å². The lowest BCUT2D eigenvalue weighted by molar-refractivity contribution is -0.146. The van der Waals surface area contributed by atoms with Gasteiger partial charge in [0, 0.05) is 22.7 Å². The van der Waals surface area contributed by atoms with Crippen molar-refractivity contribution in [2.45, 2.75) is 38.1 Å². The van der Waals surface area contributed by atoms with Crippen molar-refractivity contribution in [2.24, 2.45) is 5.92 Å². The molecule has 1 amide bonds. The minimum Gasteiger partial charge on any atom is -0.480 e. The molecule has 1 aromatic carbocycles. The first kappa shape index (κ1) is 14.6. The van der Waals surface area contributed by atoms with Crippen LogP contribution in [0.1, 0.15) is 43.0 Å². The maximum atomic E-state index is 12.5. The lowest BCUT2D eigenvalue weighted by atomic mass is 9.77. The zero-order valence-corrected chi connectivity index (χ0v) is 12.6. The third kappa shape index (κ3) is 2.58. The molecule has 0 aliphatic heterocycles. The van der Waals surface area contributed by atoms with E-state index < -0.39 is 11.5 Å². The molecule has 1 aliphatic rings. The number of rotatable bonds is 3. The summed E-state index contributed by atoms with van der Waals surface area (Å²) in [5.74, 6) is -0.740. The fourth-order valence-electron chi connectivity index (χ4n) is 3.13. The number of nitrogens with one attached hydrogen (secondary N) is 2. The predicted molar refractivity (Wildman–Crippen MR) is 83.8 cm³/mol. The van der Waals surface area contributed by atoms with Gasteiger partial charge in [-0.25, -0.2) is 4.79 Å². The molecule has 3 N–H and O–H groups in total. The molecule has 0 saturated heterocycles. The van der Waals surface area contributed by atoms with Crippen molar-refractivity contribution in [3.05, 3.63) is 36.0 Å². The Labute approximate surface area is 128 Å². The average molecular weight is 300 g/mol. The number of H-pyrrole nitrogens is 1. The zero-order valence-electron chi connectivity index (χ0n) is 12.6. The second kappa shape index (κ2) is 5.48. The third-order valence-electron chi connectivity index (χ3n) is 4.71. The van der Waals surface area contributed by atoms with E-state index in [1.54, 1.807) is 12.1 Å². The van der Waals surface area contributed by atoms with Gasteiger partial charge in [0.25, 0.3) is 5.91 Å². The number of benzene rings is 1. The summed E-state index contributed by atoms with van der Waals surface area (Å²) < 4.78 is 0. The largest absolute Gasteiger partial charge is 0.480 e. The minimum absolute atomic E-state index is 0.319. The van der Waals surface area contributed by atoms with Gasteiger partial charge in [0.1, 0.15) is 5.54 Å². The standard InChI is InChI=1S/C17H20N2O3/c1-11-4-7-17(8-5-11,16(21)22)19-15(20)13-2-3-14-12(10-13)6-9-18-14/h2-3,6,9-11,18H,4-5,7-8H2,1H3,(H,19,20)(H,21,22). The van der Waals surface area contributed by atoms with Crippen molar-refractivity contribution in [3.8, 4) is 0 Å². The summed E-state index contributed by atoms with van der Waals surface area (Å²) >= 11 is 0. The van der Waals surface area contributed by atoms with E-state index in [1.165, 1.54) is 0 Å².